The van der Waals surface area contributed by atoms with Crippen molar-refractivity contribution in [2.45, 2.75) is 32.9 Å². The zero-order valence-corrected chi connectivity index (χ0v) is 15.0. The number of carboxylic acids is 1. The highest BCUT2D eigenvalue weighted by Crippen LogP contribution is 2.14. The number of carbonyl (C=O) groups is 2. The van der Waals surface area contributed by atoms with Gasteiger partial charge in [-0.05, 0) is 42.8 Å². The predicted molar refractivity (Wildman–Crippen MR) is 103 cm³/mol. The van der Waals surface area contributed by atoms with Gasteiger partial charge in [-0.25, -0.2) is 9.59 Å². The maximum Gasteiger partial charge on any atom is 0.335 e. The SMILES string of the molecule is CCCn1c(=O)n(CCC(=O)Nc2ccc(C(=O)O)cc2)c2ccccc21. The Kier molecular flexibility index (Phi) is 5.40. The van der Waals surface area contributed by atoms with E-state index in [1.54, 1.807) is 21.3 Å². The number of aromatic nitrogens is 2. The first-order valence-electron chi connectivity index (χ1n) is 8.82. The lowest BCUT2D eigenvalue weighted by atomic mass is 10.2. The Balaban J connectivity index is 1.73. The number of carboxylic acid groups (broad SMARTS) is 1. The van der Waals surface area contributed by atoms with Crippen LogP contribution in [0.5, 0.6) is 0 Å². The summed E-state index contributed by atoms with van der Waals surface area (Å²) in [6, 6.07) is 13.5. The molecule has 0 atom stereocenters. The summed E-state index contributed by atoms with van der Waals surface area (Å²) in [6.07, 6.45) is 0.988. The van der Waals surface area contributed by atoms with Gasteiger partial charge in [0.05, 0.1) is 16.6 Å². The first-order chi connectivity index (χ1) is 13.0. The first kappa shape index (κ1) is 18.4. The Hall–Kier alpha value is -3.35. The Morgan fingerprint density at radius 3 is 2.11 bits per heavy atom. The van der Waals surface area contributed by atoms with Gasteiger partial charge in [-0.15, -0.1) is 0 Å². The highest BCUT2D eigenvalue weighted by molar-refractivity contribution is 5.92. The molecule has 7 nitrogen and oxygen atoms in total. The first-order valence-corrected chi connectivity index (χ1v) is 8.82. The highest BCUT2D eigenvalue weighted by Gasteiger charge is 2.13. The minimum Gasteiger partial charge on any atom is -0.478 e. The molecule has 0 aliphatic carbocycles. The number of nitrogens with one attached hydrogen (secondary N) is 1. The third-order valence-electron chi connectivity index (χ3n) is 4.35. The number of amides is 1. The topological polar surface area (TPSA) is 93.3 Å². The molecule has 0 fully saturated rings. The fourth-order valence-electron chi connectivity index (χ4n) is 3.06. The van der Waals surface area contributed by atoms with Crippen LogP contribution in [-0.4, -0.2) is 26.1 Å². The second-order valence-corrected chi connectivity index (χ2v) is 6.26. The van der Waals surface area contributed by atoms with Crippen LogP contribution in [0.15, 0.2) is 53.3 Å². The summed E-state index contributed by atoms with van der Waals surface area (Å²) in [7, 11) is 0. The molecule has 0 aliphatic rings. The van der Waals surface area contributed by atoms with Crippen LogP contribution < -0.4 is 11.0 Å². The normalized spacial score (nSPS) is 10.9. The predicted octanol–water partition coefficient (Wildman–Crippen LogP) is 2.94. The molecule has 140 valence electrons. The average molecular weight is 367 g/mol. The number of fused-ring (bicyclic) bond motifs is 1. The molecule has 3 aromatic rings. The van der Waals surface area contributed by atoms with Crippen LogP contribution in [0.2, 0.25) is 0 Å². The second-order valence-electron chi connectivity index (χ2n) is 6.26. The molecule has 0 unspecified atom stereocenters. The van der Waals surface area contributed by atoms with Gasteiger partial charge in [0.2, 0.25) is 5.91 Å². The Bertz CT molecular complexity index is 1030. The third-order valence-corrected chi connectivity index (χ3v) is 4.35. The number of aromatic carboxylic acids is 1. The van der Waals surface area contributed by atoms with Crippen LogP contribution >= 0.6 is 0 Å². The van der Waals surface area contributed by atoms with E-state index in [0.29, 0.717) is 12.2 Å². The van der Waals surface area contributed by atoms with Crippen LogP contribution in [0, 0.1) is 0 Å². The van der Waals surface area contributed by atoms with Crippen LogP contribution in [0.3, 0.4) is 0 Å². The number of imidazole rings is 1. The van der Waals surface area contributed by atoms with E-state index in [4.69, 9.17) is 5.11 Å². The smallest absolute Gasteiger partial charge is 0.335 e. The number of aryl methyl sites for hydroxylation is 2. The van der Waals surface area contributed by atoms with E-state index >= 15 is 0 Å². The van der Waals surface area contributed by atoms with E-state index in [2.05, 4.69) is 5.32 Å². The summed E-state index contributed by atoms with van der Waals surface area (Å²) in [5, 5.41) is 11.6. The van der Waals surface area contributed by atoms with Crippen molar-refractivity contribution >= 4 is 28.6 Å². The van der Waals surface area contributed by atoms with Gasteiger partial charge in [0.15, 0.2) is 0 Å². The maximum absolute atomic E-state index is 12.7. The molecule has 0 radical (unpaired) electrons. The zero-order valence-electron chi connectivity index (χ0n) is 15.0. The molecule has 27 heavy (non-hydrogen) atoms. The molecule has 1 heterocycles. The largest absolute Gasteiger partial charge is 0.478 e. The fourth-order valence-corrected chi connectivity index (χ4v) is 3.06. The molecule has 2 N–H and O–H groups in total. The van der Waals surface area contributed by atoms with Crippen molar-refractivity contribution in [1.29, 1.82) is 0 Å². The lowest BCUT2D eigenvalue weighted by molar-refractivity contribution is -0.116. The van der Waals surface area contributed by atoms with Gasteiger partial charge in [-0.2, -0.15) is 0 Å². The van der Waals surface area contributed by atoms with Gasteiger partial charge in [0.1, 0.15) is 0 Å². The molecule has 7 heteroatoms. The van der Waals surface area contributed by atoms with Gasteiger partial charge in [0, 0.05) is 25.2 Å². The van der Waals surface area contributed by atoms with Gasteiger partial charge in [-0.3, -0.25) is 13.9 Å². The van der Waals surface area contributed by atoms with Crippen molar-refractivity contribution in [3.8, 4) is 0 Å². The number of hydrogen-bond acceptors (Lipinski definition) is 3. The maximum atomic E-state index is 12.7. The molecule has 2 aromatic carbocycles. The van der Waals surface area contributed by atoms with Crippen LogP contribution in [0.1, 0.15) is 30.1 Å². The summed E-state index contributed by atoms with van der Waals surface area (Å²) in [5.74, 6) is -1.26. The number of hydrogen-bond donors (Lipinski definition) is 2. The Labute approximate surface area is 155 Å². The molecular formula is C20H21N3O4. The summed E-state index contributed by atoms with van der Waals surface area (Å²) >= 11 is 0. The molecule has 3 rings (SSSR count). The monoisotopic (exact) mass is 367 g/mol. The molecular weight excluding hydrogens is 346 g/mol. The van der Waals surface area contributed by atoms with E-state index < -0.39 is 5.97 Å². The highest BCUT2D eigenvalue weighted by atomic mass is 16.4. The number of nitrogens with zero attached hydrogens (tertiary/aromatic N) is 2. The minimum absolute atomic E-state index is 0.114. The van der Waals surface area contributed by atoms with Gasteiger partial charge in [0.25, 0.3) is 0 Å². The van der Waals surface area contributed by atoms with Gasteiger partial charge < -0.3 is 10.4 Å². The molecule has 0 aliphatic heterocycles. The number of para-hydroxylation sites is 2. The fraction of sp³-hybridized carbons (Fsp3) is 0.250. The summed E-state index contributed by atoms with van der Waals surface area (Å²) < 4.78 is 3.36. The van der Waals surface area contributed by atoms with Crippen molar-refractivity contribution in [3.63, 3.8) is 0 Å². The third kappa shape index (κ3) is 3.92. The second kappa shape index (κ2) is 7.90. The van der Waals surface area contributed by atoms with Crippen molar-refractivity contribution in [3.05, 3.63) is 64.6 Å². The summed E-state index contributed by atoms with van der Waals surface area (Å²) in [5.41, 5.74) is 2.24. The van der Waals surface area contributed by atoms with Crippen LogP contribution in [-0.2, 0) is 17.9 Å². The van der Waals surface area contributed by atoms with Crippen molar-refractivity contribution < 1.29 is 14.7 Å². The average Bonchev–Trinajstić information content (AvgIpc) is 2.92. The lowest BCUT2D eigenvalue weighted by Crippen LogP contribution is -2.26. The zero-order chi connectivity index (χ0) is 19.4. The van der Waals surface area contributed by atoms with Crippen LogP contribution in [0.4, 0.5) is 5.69 Å². The van der Waals surface area contributed by atoms with E-state index in [1.165, 1.54) is 12.1 Å². The number of rotatable bonds is 7. The minimum atomic E-state index is -1.02. The van der Waals surface area contributed by atoms with Crippen LogP contribution in [0.25, 0.3) is 11.0 Å². The van der Waals surface area contributed by atoms with Crippen molar-refractivity contribution in [2.24, 2.45) is 0 Å². The van der Waals surface area contributed by atoms with Gasteiger partial charge >= 0.3 is 11.7 Å². The number of carbonyl (C=O) groups excluding carboxylic acids is 1. The van der Waals surface area contributed by atoms with E-state index in [-0.39, 0.29) is 30.1 Å². The standard InChI is InChI=1S/C20H21N3O4/c1-2-12-22-16-5-3-4-6-17(16)23(20(22)27)13-11-18(24)21-15-9-7-14(8-10-15)19(25)26/h3-10H,2,11-13H2,1H3,(H,21,24)(H,25,26). The quantitative estimate of drug-likeness (QED) is 0.671. The van der Waals surface area contributed by atoms with Crippen molar-refractivity contribution in [2.75, 3.05) is 5.32 Å². The Morgan fingerprint density at radius 1 is 0.963 bits per heavy atom. The lowest BCUT2D eigenvalue weighted by Gasteiger charge is -2.06. The van der Waals surface area contributed by atoms with E-state index in [9.17, 15) is 14.4 Å². The summed E-state index contributed by atoms with van der Waals surface area (Å²) in [6.45, 7) is 2.92. The molecule has 0 saturated carbocycles. The van der Waals surface area contributed by atoms with E-state index in [1.807, 2.05) is 31.2 Å². The molecule has 1 aromatic heterocycles. The summed E-state index contributed by atoms with van der Waals surface area (Å²) in [4.78, 5) is 35.8. The van der Waals surface area contributed by atoms with Gasteiger partial charge in [-0.1, -0.05) is 19.1 Å². The molecule has 0 saturated heterocycles. The molecule has 1 amide bonds. The van der Waals surface area contributed by atoms with E-state index in [0.717, 1.165) is 17.5 Å². The number of anilines is 1. The Morgan fingerprint density at radius 2 is 1.56 bits per heavy atom. The van der Waals surface area contributed by atoms with Crippen molar-refractivity contribution in [1.82, 2.24) is 9.13 Å². The molecule has 0 spiro atoms. The molecule has 0 bridgehead atoms. The number of benzene rings is 2.